The number of carbonyl (C=O) groups is 1. The summed E-state index contributed by atoms with van der Waals surface area (Å²) in [6, 6.07) is 12.5. The minimum absolute atomic E-state index is 0.0471. The normalized spacial score (nSPS) is 11.1. The molecule has 0 fully saturated rings. The zero-order valence-electron chi connectivity index (χ0n) is 13.4. The quantitative estimate of drug-likeness (QED) is 0.358. The van der Waals surface area contributed by atoms with Gasteiger partial charge in [-0.2, -0.15) is 5.10 Å². The topological polar surface area (TPSA) is 99.6 Å². The molecular formula is C17H16N4O3S. The monoisotopic (exact) mass is 356 g/mol. The Bertz CT molecular complexity index is 890. The molecule has 3 rings (SSSR count). The summed E-state index contributed by atoms with van der Waals surface area (Å²) >= 11 is 1.30. The summed E-state index contributed by atoms with van der Waals surface area (Å²) in [5.41, 5.74) is 4.95. The first-order chi connectivity index (χ1) is 12.2. The van der Waals surface area contributed by atoms with Crippen molar-refractivity contribution in [2.75, 3.05) is 12.9 Å². The van der Waals surface area contributed by atoms with Crippen molar-refractivity contribution >= 4 is 34.9 Å². The lowest BCUT2D eigenvalue weighted by Crippen LogP contribution is -2.19. The number of rotatable bonds is 6. The highest BCUT2D eigenvalue weighted by atomic mass is 32.2. The number of nitrogens with one attached hydrogen (secondary N) is 2. The summed E-state index contributed by atoms with van der Waals surface area (Å²) in [6.45, 7) is 0. The Morgan fingerprint density at radius 2 is 2.24 bits per heavy atom. The number of H-pyrrole nitrogens is 1. The van der Waals surface area contributed by atoms with E-state index < -0.39 is 0 Å². The lowest BCUT2D eigenvalue weighted by molar-refractivity contribution is -0.118. The molecule has 0 radical (unpaired) electrons. The molecule has 0 bridgehead atoms. The van der Waals surface area contributed by atoms with Crippen LogP contribution in [0.3, 0.4) is 0 Å². The second kappa shape index (κ2) is 7.71. The van der Waals surface area contributed by atoms with Crippen LogP contribution >= 0.6 is 11.8 Å². The molecule has 8 heteroatoms. The molecule has 128 valence electrons. The van der Waals surface area contributed by atoms with Crippen LogP contribution in [0.1, 0.15) is 5.56 Å². The number of phenols is 1. The van der Waals surface area contributed by atoms with Crippen LogP contribution in [0.15, 0.2) is 52.7 Å². The fourth-order valence-corrected chi connectivity index (χ4v) is 2.79. The van der Waals surface area contributed by atoms with Crippen LogP contribution in [-0.2, 0) is 4.79 Å². The SMILES string of the molecule is COc1cc(/C=N\NC(=O)CSc2nc3ccccc3[nH]2)ccc1O. The zero-order valence-corrected chi connectivity index (χ0v) is 14.2. The Labute approximate surface area is 148 Å². The van der Waals surface area contributed by atoms with Crippen LogP contribution in [0.5, 0.6) is 11.5 Å². The minimum Gasteiger partial charge on any atom is -0.504 e. The first-order valence-corrected chi connectivity index (χ1v) is 8.41. The Balaban J connectivity index is 1.52. The van der Waals surface area contributed by atoms with Gasteiger partial charge in [0.2, 0.25) is 0 Å². The van der Waals surface area contributed by atoms with Crippen molar-refractivity contribution < 1.29 is 14.6 Å². The average molecular weight is 356 g/mol. The summed E-state index contributed by atoms with van der Waals surface area (Å²) in [7, 11) is 1.47. The Hall–Kier alpha value is -3.00. The van der Waals surface area contributed by atoms with Crippen molar-refractivity contribution in [1.82, 2.24) is 15.4 Å². The summed E-state index contributed by atoms with van der Waals surface area (Å²) < 4.78 is 5.01. The van der Waals surface area contributed by atoms with Crippen LogP contribution < -0.4 is 10.2 Å². The Kier molecular flexibility index (Phi) is 5.20. The molecule has 0 aliphatic heterocycles. The molecule has 1 heterocycles. The molecule has 25 heavy (non-hydrogen) atoms. The second-order valence-corrected chi connectivity index (χ2v) is 6.04. The smallest absolute Gasteiger partial charge is 0.250 e. The third-order valence-corrected chi connectivity index (χ3v) is 4.19. The Morgan fingerprint density at radius 3 is 3.04 bits per heavy atom. The van der Waals surface area contributed by atoms with Gasteiger partial charge in [-0.15, -0.1) is 0 Å². The first kappa shape index (κ1) is 16.8. The van der Waals surface area contributed by atoms with Gasteiger partial charge in [0, 0.05) is 0 Å². The number of hydrazone groups is 1. The summed E-state index contributed by atoms with van der Waals surface area (Å²) in [4.78, 5) is 19.4. The average Bonchev–Trinajstić information content (AvgIpc) is 3.04. The number of fused-ring (bicyclic) bond motifs is 1. The van der Waals surface area contributed by atoms with Crippen molar-refractivity contribution in [3.05, 3.63) is 48.0 Å². The standard InChI is InChI=1S/C17H16N4O3S/c1-24-15-8-11(6-7-14(15)22)9-18-21-16(23)10-25-17-19-12-4-2-3-5-13(12)20-17/h2-9,22H,10H2,1H3,(H,19,20)(H,21,23)/b18-9-. The number of amides is 1. The third kappa shape index (κ3) is 4.30. The number of para-hydroxylation sites is 2. The Morgan fingerprint density at radius 1 is 1.40 bits per heavy atom. The van der Waals surface area contributed by atoms with Crippen molar-refractivity contribution in [3.63, 3.8) is 0 Å². The van der Waals surface area contributed by atoms with E-state index in [1.165, 1.54) is 31.2 Å². The molecule has 0 spiro atoms. The number of imidazole rings is 1. The number of aromatic nitrogens is 2. The lowest BCUT2D eigenvalue weighted by atomic mass is 10.2. The number of aromatic amines is 1. The molecule has 1 aromatic heterocycles. The predicted octanol–water partition coefficient (Wildman–Crippen LogP) is 2.52. The van der Waals surface area contributed by atoms with Crippen molar-refractivity contribution in [1.29, 1.82) is 0 Å². The summed E-state index contributed by atoms with van der Waals surface area (Å²) in [5, 5.41) is 14.1. The highest BCUT2D eigenvalue weighted by molar-refractivity contribution is 7.99. The van der Waals surface area contributed by atoms with Crippen LogP contribution in [0, 0.1) is 0 Å². The van der Waals surface area contributed by atoms with Gasteiger partial charge >= 0.3 is 0 Å². The van der Waals surface area contributed by atoms with E-state index in [0.717, 1.165) is 11.0 Å². The van der Waals surface area contributed by atoms with Crippen LogP contribution in [0.4, 0.5) is 0 Å². The van der Waals surface area contributed by atoms with Crippen LogP contribution in [0.2, 0.25) is 0 Å². The highest BCUT2D eigenvalue weighted by Crippen LogP contribution is 2.25. The van der Waals surface area contributed by atoms with Gasteiger partial charge in [0.05, 0.1) is 30.1 Å². The fourth-order valence-electron chi connectivity index (χ4n) is 2.12. The molecule has 2 aromatic carbocycles. The highest BCUT2D eigenvalue weighted by Gasteiger charge is 2.06. The van der Waals surface area contributed by atoms with Gasteiger partial charge in [0.25, 0.3) is 5.91 Å². The molecule has 0 aliphatic carbocycles. The molecule has 3 N–H and O–H groups in total. The van der Waals surface area contributed by atoms with E-state index in [-0.39, 0.29) is 17.4 Å². The van der Waals surface area contributed by atoms with E-state index in [1.54, 1.807) is 12.1 Å². The minimum atomic E-state index is -0.243. The largest absolute Gasteiger partial charge is 0.504 e. The van der Waals surface area contributed by atoms with Crippen molar-refractivity contribution in [2.24, 2.45) is 5.10 Å². The predicted molar refractivity (Wildman–Crippen MR) is 97.2 cm³/mol. The maximum Gasteiger partial charge on any atom is 0.250 e. The maximum absolute atomic E-state index is 11.8. The molecule has 1 amide bonds. The molecule has 0 aliphatic rings. The second-order valence-electron chi connectivity index (χ2n) is 5.07. The number of benzene rings is 2. The van der Waals surface area contributed by atoms with E-state index in [9.17, 15) is 9.90 Å². The number of phenolic OH excluding ortho intramolecular Hbond substituents is 1. The van der Waals surface area contributed by atoms with Gasteiger partial charge in [-0.1, -0.05) is 23.9 Å². The van der Waals surface area contributed by atoms with Crippen LogP contribution in [0.25, 0.3) is 11.0 Å². The summed E-state index contributed by atoms with van der Waals surface area (Å²) in [5.74, 6) is 0.338. The number of carbonyl (C=O) groups excluding carboxylic acids is 1. The summed E-state index contributed by atoms with van der Waals surface area (Å²) in [6.07, 6.45) is 1.48. The van der Waals surface area contributed by atoms with Crippen molar-refractivity contribution in [2.45, 2.75) is 5.16 Å². The number of hydrogen-bond acceptors (Lipinski definition) is 6. The van der Waals surface area contributed by atoms with E-state index in [1.807, 2.05) is 24.3 Å². The van der Waals surface area contributed by atoms with Gasteiger partial charge in [-0.25, -0.2) is 10.4 Å². The van der Waals surface area contributed by atoms with Gasteiger partial charge in [-0.05, 0) is 35.9 Å². The molecule has 0 saturated carbocycles. The molecule has 7 nitrogen and oxygen atoms in total. The number of methoxy groups -OCH3 is 1. The van der Waals surface area contributed by atoms with Gasteiger partial charge in [0.15, 0.2) is 16.7 Å². The molecule has 0 unspecified atom stereocenters. The molecule has 0 atom stereocenters. The van der Waals surface area contributed by atoms with Crippen LogP contribution in [-0.4, -0.2) is 40.1 Å². The fraction of sp³-hybridized carbons (Fsp3) is 0.118. The molecular weight excluding hydrogens is 340 g/mol. The lowest BCUT2D eigenvalue weighted by Gasteiger charge is -2.03. The number of thioether (sulfide) groups is 1. The van der Waals surface area contributed by atoms with Gasteiger partial charge in [-0.3, -0.25) is 4.79 Å². The zero-order chi connectivity index (χ0) is 17.6. The number of aromatic hydroxyl groups is 1. The molecule has 0 saturated heterocycles. The molecule has 3 aromatic rings. The number of hydrogen-bond donors (Lipinski definition) is 3. The maximum atomic E-state index is 11.8. The first-order valence-electron chi connectivity index (χ1n) is 7.42. The van der Waals surface area contributed by atoms with E-state index in [0.29, 0.717) is 16.5 Å². The van der Waals surface area contributed by atoms with Crippen molar-refractivity contribution in [3.8, 4) is 11.5 Å². The van der Waals surface area contributed by atoms with Gasteiger partial charge in [0.1, 0.15) is 0 Å². The number of ether oxygens (including phenoxy) is 1. The third-order valence-electron chi connectivity index (χ3n) is 3.31. The number of nitrogens with zero attached hydrogens (tertiary/aromatic N) is 2. The van der Waals surface area contributed by atoms with E-state index in [2.05, 4.69) is 20.5 Å². The van der Waals surface area contributed by atoms with E-state index >= 15 is 0 Å². The van der Waals surface area contributed by atoms with Gasteiger partial charge < -0.3 is 14.8 Å². The van der Waals surface area contributed by atoms with E-state index in [4.69, 9.17) is 4.74 Å².